The average molecular weight is 379 g/mol. The van der Waals surface area contributed by atoms with Gasteiger partial charge in [0.05, 0.1) is 16.8 Å². The molecular formula is C25H17NO3. The van der Waals surface area contributed by atoms with Crippen LogP contribution in [0.5, 0.6) is 5.75 Å². The fraction of sp³-hybridized carbons (Fsp3) is 0.0400. The molecule has 1 aliphatic rings. The molecule has 1 aromatic heterocycles. The molecule has 1 N–H and O–H groups in total. The number of phenols is 1. The molecule has 0 atom stereocenters. The van der Waals surface area contributed by atoms with Gasteiger partial charge in [-0.3, -0.25) is 4.79 Å². The van der Waals surface area contributed by atoms with Gasteiger partial charge in [-0.2, -0.15) is 0 Å². The lowest BCUT2D eigenvalue weighted by atomic mass is 9.90. The van der Waals surface area contributed by atoms with Crippen LogP contribution in [0.2, 0.25) is 0 Å². The molecule has 0 saturated carbocycles. The van der Waals surface area contributed by atoms with Crippen LogP contribution in [0.3, 0.4) is 0 Å². The Labute approximate surface area is 167 Å². The SMILES string of the molecule is O=C1/C(=C\c2ccccc2O)OCc2nc3ccccc3c(-c3ccccc3)c21. The van der Waals surface area contributed by atoms with Gasteiger partial charge in [-0.05, 0) is 23.8 Å². The molecule has 0 saturated heterocycles. The second-order valence-electron chi connectivity index (χ2n) is 6.88. The standard InChI is InChI=1S/C25H17NO3/c27-21-13-7-4-10-17(21)14-22-25(28)24-20(15-29-22)26-19-12-6-5-11-18(19)23(24)16-8-2-1-3-9-16/h1-14,27H,15H2/b22-14+. The van der Waals surface area contributed by atoms with Crippen LogP contribution in [0.1, 0.15) is 21.6 Å². The fourth-order valence-corrected chi connectivity index (χ4v) is 3.71. The number of ether oxygens (including phenoxy) is 1. The van der Waals surface area contributed by atoms with Crippen LogP contribution in [-0.4, -0.2) is 15.9 Å². The topological polar surface area (TPSA) is 59.4 Å². The van der Waals surface area contributed by atoms with Gasteiger partial charge in [0.15, 0.2) is 5.76 Å². The smallest absolute Gasteiger partial charge is 0.230 e. The minimum atomic E-state index is -0.230. The number of aromatic nitrogens is 1. The summed E-state index contributed by atoms with van der Waals surface area (Å²) in [5.41, 5.74) is 4.37. The normalized spacial score (nSPS) is 14.6. The van der Waals surface area contributed by atoms with Crippen molar-refractivity contribution in [3.05, 3.63) is 101 Å². The summed E-state index contributed by atoms with van der Waals surface area (Å²) in [5, 5.41) is 11.0. The van der Waals surface area contributed by atoms with Gasteiger partial charge < -0.3 is 9.84 Å². The molecule has 3 aromatic carbocycles. The number of phenolic OH excluding ortho intramolecular Hbond substituents is 1. The third-order valence-corrected chi connectivity index (χ3v) is 5.07. The van der Waals surface area contributed by atoms with Crippen molar-refractivity contribution in [1.29, 1.82) is 0 Å². The number of fused-ring (bicyclic) bond motifs is 2. The summed E-state index contributed by atoms with van der Waals surface area (Å²) in [6.45, 7) is 0.200. The molecule has 0 radical (unpaired) electrons. The van der Waals surface area contributed by atoms with Gasteiger partial charge in [-0.15, -0.1) is 0 Å². The Balaban J connectivity index is 1.75. The van der Waals surface area contributed by atoms with Crippen molar-refractivity contribution in [2.75, 3.05) is 0 Å². The van der Waals surface area contributed by atoms with E-state index in [1.54, 1.807) is 30.3 Å². The molecule has 4 aromatic rings. The highest BCUT2D eigenvalue weighted by molar-refractivity contribution is 6.18. The molecule has 0 aliphatic carbocycles. The van der Waals surface area contributed by atoms with E-state index in [2.05, 4.69) is 4.98 Å². The number of hydrogen-bond donors (Lipinski definition) is 1. The maximum atomic E-state index is 13.5. The minimum Gasteiger partial charge on any atom is -0.507 e. The summed E-state index contributed by atoms with van der Waals surface area (Å²) in [5.74, 6) is 0.0713. The van der Waals surface area contributed by atoms with Gasteiger partial charge in [-0.1, -0.05) is 66.7 Å². The van der Waals surface area contributed by atoms with Gasteiger partial charge in [0.2, 0.25) is 5.78 Å². The molecule has 0 amide bonds. The van der Waals surface area contributed by atoms with E-state index in [9.17, 15) is 9.90 Å². The summed E-state index contributed by atoms with van der Waals surface area (Å²) in [6.07, 6.45) is 1.59. The number of carbonyl (C=O) groups excluding carboxylic acids is 1. The van der Waals surface area contributed by atoms with Gasteiger partial charge in [-0.25, -0.2) is 4.98 Å². The first-order chi connectivity index (χ1) is 14.2. The highest BCUT2D eigenvalue weighted by atomic mass is 16.5. The summed E-state index contributed by atoms with van der Waals surface area (Å²) in [6, 6.07) is 24.5. The van der Waals surface area contributed by atoms with Crippen molar-refractivity contribution in [2.45, 2.75) is 6.61 Å². The van der Waals surface area contributed by atoms with Crippen LogP contribution >= 0.6 is 0 Å². The number of nitrogens with zero attached hydrogens (tertiary/aromatic N) is 1. The molecule has 4 nitrogen and oxygen atoms in total. The Morgan fingerprint density at radius 1 is 0.862 bits per heavy atom. The minimum absolute atomic E-state index is 0.0992. The largest absolute Gasteiger partial charge is 0.507 e. The summed E-state index contributed by atoms with van der Waals surface area (Å²) in [4.78, 5) is 18.1. The molecule has 2 heterocycles. The maximum absolute atomic E-state index is 13.5. The highest BCUT2D eigenvalue weighted by Crippen LogP contribution is 2.37. The maximum Gasteiger partial charge on any atom is 0.230 e. The summed E-state index contributed by atoms with van der Waals surface area (Å²) >= 11 is 0. The second-order valence-corrected chi connectivity index (χ2v) is 6.88. The Bertz CT molecular complexity index is 1280. The summed E-state index contributed by atoms with van der Waals surface area (Å²) in [7, 11) is 0. The number of aromatic hydroxyl groups is 1. The highest BCUT2D eigenvalue weighted by Gasteiger charge is 2.30. The van der Waals surface area contributed by atoms with Crippen LogP contribution in [0.15, 0.2) is 84.6 Å². The van der Waals surface area contributed by atoms with E-state index < -0.39 is 0 Å². The number of hydrogen-bond acceptors (Lipinski definition) is 4. The number of para-hydroxylation sites is 2. The van der Waals surface area contributed by atoms with E-state index in [1.165, 1.54) is 0 Å². The Kier molecular flexibility index (Phi) is 4.10. The predicted molar refractivity (Wildman–Crippen MR) is 112 cm³/mol. The summed E-state index contributed by atoms with van der Waals surface area (Å²) < 4.78 is 5.75. The molecule has 4 heteroatoms. The zero-order valence-electron chi connectivity index (χ0n) is 15.5. The number of Topliss-reactive ketones (excluding diaryl/α,β-unsaturated/α-hetero) is 1. The number of pyridine rings is 1. The second kappa shape index (κ2) is 6.91. The molecule has 140 valence electrons. The quantitative estimate of drug-likeness (QED) is 0.476. The van der Waals surface area contributed by atoms with E-state index in [1.807, 2.05) is 54.6 Å². The third kappa shape index (κ3) is 2.95. The zero-order chi connectivity index (χ0) is 19.8. The lowest BCUT2D eigenvalue weighted by Crippen LogP contribution is -2.19. The van der Waals surface area contributed by atoms with Crippen LogP contribution in [0.4, 0.5) is 0 Å². The van der Waals surface area contributed by atoms with Gasteiger partial charge in [0, 0.05) is 16.5 Å². The molecule has 5 rings (SSSR count). The van der Waals surface area contributed by atoms with E-state index >= 15 is 0 Å². The van der Waals surface area contributed by atoms with Crippen LogP contribution in [0, 0.1) is 0 Å². The zero-order valence-corrected chi connectivity index (χ0v) is 15.5. The Hall–Kier alpha value is -3.92. The van der Waals surface area contributed by atoms with Crippen LogP contribution < -0.4 is 0 Å². The molecular weight excluding hydrogens is 362 g/mol. The van der Waals surface area contributed by atoms with E-state index in [4.69, 9.17) is 4.74 Å². The number of allylic oxidation sites excluding steroid dienone is 1. The average Bonchev–Trinajstić information content (AvgIpc) is 2.76. The number of ketones is 1. The first kappa shape index (κ1) is 17.2. The third-order valence-electron chi connectivity index (χ3n) is 5.07. The van der Waals surface area contributed by atoms with Crippen molar-refractivity contribution < 1.29 is 14.6 Å². The lowest BCUT2D eigenvalue weighted by Gasteiger charge is -2.22. The van der Waals surface area contributed by atoms with Crippen molar-refractivity contribution in [3.63, 3.8) is 0 Å². The first-order valence-electron chi connectivity index (χ1n) is 9.36. The van der Waals surface area contributed by atoms with Crippen molar-refractivity contribution in [3.8, 4) is 16.9 Å². The molecule has 0 bridgehead atoms. The Morgan fingerprint density at radius 2 is 1.59 bits per heavy atom. The van der Waals surface area contributed by atoms with E-state index in [0.717, 1.165) is 22.0 Å². The van der Waals surface area contributed by atoms with Gasteiger partial charge in [0.25, 0.3) is 0 Å². The number of rotatable bonds is 2. The molecule has 0 fully saturated rings. The first-order valence-corrected chi connectivity index (χ1v) is 9.36. The fourth-order valence-electron chi connectivity index (χ4n) is 3.71. The molecule has 1 aliphatic heterocycles. The van der Waals surface area contributed by atoms with E-state index in [-0.39, 0.29) is 23.9 Å². The number of carbonyl (C=O) groups is 1. The van der Waals surface area contributed by atoms with Gasteiger partial charge in [0.1, 0.15) is 12.4 Å². The molecule has 0 spiro atoms. The van der Waals surface area contributed by atoms with Crippen LogP contribution in [0.25, 0.3) is 28.1 Å². The Morgan fingerprint density at radius 3 is 2.41 bits per heavy atom. The van der Waals surface area contributed by atoms with Crippen molar-refractivity contribution in [1.82, 2.24) is 4.98 Å². The van der Waals surface area contributed by atoms with E-state index in [0.29, 0.717) is 16.8 Å². The molecule has 0 unspecified atom stereocenters. The van der Waals surface area contributed by atoms with Gasteiger partial charge >= 0.3 is 0 Å². The predicted octanol–water partition coefficient (Wildman–Crippen LogP) is 5.36. The lowest BCUT2D eigenvalue weighted by molar-refractivity contribution is 0.0867. The van der Waals surface area contributed by atoms with Crippen molar-refractivity contribution >= 4 is 22.8 Å². The van der Waals surface area contributed by atoms with Crippen molar-refractivity contribution in [2.24, 2.45) is 0 Å². The van der Waals surface area contributed by atoms with Crippen LogP contribution in [-0.2, 0) is 11.3 Å². The monoisotopic (exact) mass is 379 g/mol. The number of benzene rings is 3. The molecule has 29 heavy (non-hydrogen) atoms.